The maximum absolute atomic E-state index is 12.1. The minimum absolute atomic E-state index is 0.0739. The first-order valence-electron chi connectivity index (χ1n) is 8.02. The lowest BCUT2D eigenvalue weighted by Gasteiger charge is -2.38. The van der Waals surface area contributed by atoms with Crippen molar-refractivity contribution in [3.63, 3.8) is 0 Å². The molecule has 0 saturated heterocycles. The van der Waals surface area contributed by atoms with E-state index in [-0.39, 0.29) is 18.0 Å². The third kappa shape index (κ3) is 3.29. The predicted molar refractivity (Wildman–Crippen MR) is 92.0 cm³/mol. The monoisotopic (exact) mass is 331 g/mol. The van der Waals surface area contributed by atoms with Gasteiger partial charge in [-0.05, 0) is 43.5 Å². The minimum Gasteiger partial charge on any atom is -0.490 e. The molecular formula is C18H21NO3S. The summed E-state index contributed by atoms with van der Waals surface area (Å²) in [5.74, 6) is 0.654. The quantitative estimate of drug-likeness (QED) is 0.493. The van der Waals surface area contributed by atoms with E-state index in [1.165, 1.54) is 0 Å². The van der Waals surface area contributed by atoms with E-state index in [1.54, 1.807) is 6.20 Å². The van der Waals surface area contributed by atoms with Crippen LogP contribution in [0.3, 0.4) is 0 Å². The van der Waals surface area contributed by atoms with E-state index in [0.717, 1.165) is 47.2 Å². The van der Waals surface area contributed by atoms with E-state index in [2.05, 4.69) is 24.5 Å². The Morgan fingerprint density at radius 3 is 2.83 bits per heavy atom. The van der Waals surface area contributed by atoms with Crippen molar-refractivity contribution in [1.82, 2.24) is 4.98 Å². The molecule has 0 amide bonds. The van der Waals surface area contributed by atoms with Gasteiger partial charge in [-0.2, -0.15) is 0 Å². The summed E-state index contributed by atoms with van der Waals surface area (Å²) in [5.41, 5.74) is 0.654. The van der Waals surface area contributed by atoms with E-state index < -0.39 is 0 Å². The standard InChI is InChI=1S/C18H21NO3S/c1-2-18(7-3-8-18)17(20)22-11-10-21-13-4-5-15-14(12-13)16(23)6-9-19-15/h4-6,9,12H,2-3,7-8,10-11H2,1H3,(H,19,23). The topological polar surface area (TPSA) is 48.4 Å². The largest absolute Gasteiger partial charge is 0.490 e. The molecule has 1 aliphatic rings. The Hall–Kier alpha value is -1.75. The molecule has 1 aromatic carbocycles. The third-order valence-electron chi connectivity index (χ3n) is 4.70. The molecule has 0 bridgehead atoms. The Labute approximate surface area is 141 Å². The second-order valence-corrected chi connectivity index (χ2v) is 6.46. The first kappa shape index (κ1) is 16.1. The second kappa shape index (κ2) is 6.79. The Kier molecular flexibility index (Phi) is 4.76. The van der Waals surface area contributed by atoms with Crippen molar-refractivity contribution >= 4 is 29.5 Å². The Morgan fingerprint density at radius 2 is 2.13 bits per heavy atom. The molecule has 0 spiro atoms. The van der Waals surface area contributed by atoms with Crippen LogP contribution in [0.1, 0.15) is 32.6 Å². The first-order chi connectivity index (χ1) is 11.1. The fourth-order valence-corrected chi connectivity index (χ4v) is 3.20. The SMILES string of the molecule is CCC1(C(=O)OCCOc2ccc3nccc(S)c3c2)CCC1. The van der Waals surface area contributed by atoms with Crippen LogP contribution in [-0.4, -0.2) is 24.2 Å². The highest BCUT2D eigenvalue weighted by molar-refractivity contribution is 7.80. The predicted octanol–water partition coefficient (Wildman–Crippen LogP) is 4.03. The highest BCUT2D eigenvalue weighted by atomic mass is 32.1. The zero-order valence-electron chi connectivity index (χ0n) is 13.2. The summed E-state index contributed by atoms with van der Waals surface area (Å²) in [5, 5.41) is 0.949. The molecule has 5 heteroatoms. The van der Waals surface area contributed by atoms with Crippen molar-refractivity contribution in [2.75, 3.05) is 13.2 Å². The number of carbonyl (C=O) groups is 1. The van der Waals surface area contributed by atoms with Gasteiger partial charge in [0.1, 0.15) is 19.0 Å². The van der Waals surface area contributed by atoms with Crippen LogP contribution in [0, 0.1) is 5.41 Å². The van der Waals surface area contributed by atoms with Gasteiger partial charge in [0.2, 0.25) is 0 Å². The lowest BCUT2D eigenvalue weighted by Crippen LogP contribution is -2.39. The Morgan fingerprint density at radius 1 is 1.30 bits per heavy atom. The molecule has 2 aromatic rings. The van der Waals surface area contributed by atoms with Gasteiger partial charge in [-0.1, -0.05) is 13.3 Å². The van der Waals surface area contributed by atoms with Crippen LogP contribution in [0.4, 0.5) is 0 Å². The number of fused-ring (bicyclic) bond motifs is 1. The minimum atomic E-state index is -0.227. The van der Waals surface area contributed by atoms with E-state index in [9.17, 15) is 4.79 Å². The van der Waals surface area contributed by atoms with Gasteiger partial charge in [-0.15, -0.1) is 12.6 Å². The van der Waals surface area contributed by atoms with Gasteiger partial charge in [0, 0.05) is 16.5 Å². The Bertz CT molecular complexity index is 707. The highest BCUT2D eigenvalue weighted by Crippen LogP contribution is 2.44. The number of esters is 1. The van der Waals surface area contributed by atoms with Gasteiger partial charge >= 0.3 is 5.97 Å². The number of ether oxygens (including phenoxy) is 2. The van der Waals surface area contributed by atoms with E-state index in [1.807, 2.05) is 24.3 Å². The number of carbonyl (C=O) groups excluding carboxylic acids is 1. The molecule has 23 heavy (non-hydrogen) atoms. The number of hydrogen-bond donors (Lipinski definition) is 1. The van der Waals surface area contributed by atoms with Crippen LogP contribution in [0.2, 0.25) is 0 Å². The maximum atomic E-state index is 12.1. The number of aromatic nitrogens is 1. The average Bonchev–Trinajstić information content (AvgIpc) is 2.52. The molecular weight excluding hydrogens is 310 g/mol. The summed E-state index contributed by atoms with van der Waals surface area (Å²) < 4.78 is 11.1. The fraction of sp³-hybridized carbons (Fsp3) is 0.444. The second-order valence-electron chi connectivity index (χ2n) is 5.98. The molecule has 1 aliphatic carbocycles. The number of rotatable bonds is 6. The molecule has 1 saturated carbocycles. The summed E-state index contributed by atoms with van der Waals surface area (Å²) in [6.45, 7) is 2.67. The average molecular weight is 331 g/mol. The van der Waals surface area contributed by atoms with Crippen molar-refractivity contribution in [2.24, 2.45) is 5.41 Å². The smallest absolute Gasteiger partial charge is 0.312 e. The summed E-state index contributed by atoms with van der Waals surface area (Å²) in [7, 11) is 0. The van der Waals surface area contributed by atoms with Gasteiger partial charge < -0.3 is 9.47 Å². The van der Waals surface area contributed by atoms with Gasteiger partial charge in [0.25, 0.3) is 0 Å². The van der Waals surface area contributed by atoms with E-state index in [0.29, 0.717) is 6.61 Å². The summed E-state index contributed by atoms with van der Waals surface area (Å²) in [6, 6.07) is 7.52. The van der Waals surface area contributed by atoms with Gasteiger partial charge in [-0.3, -0.25) is 9.78 Å². The van der Waals surface area contributed by atoms with E-state index >= 15 is 0 Å². The van der Waals surface area contributed by atoms with Crippen LogP contribution in [0.15, 0.2) is 35.4 Å². The van der Waals surface area contributed by atoms with Crippen LogP contribution >= 0.6 is 12.6 Å². The summed E-state index contributed by atoms with van der Waals surface area (Å²) in [4.78, 5) is 17.3. The maximum Gasteiger partial charge on any atom is 0.312 e. The summed E-state index contributed by atoms with van der Waals surface area (Å²) >= 11 is 4.43. The lowest BCUT2D eigenvalue weighted by atomic mass is 9.67. The molecule has 0 aliphatic heterocycles. The number of benzene rings is 1. The fourth-order valence-electron chi connectivity index (χ4n) is 2.95. The van der Waals surface area contributed by atoms with Crippen molar-refractivity contribution in [3.05, 3.63) is 30.5 Å². The molecule has 0 unspecified atom stereocenters. The Balaban J connectivity index is 1.53. The van der Waals surface area contributed by atoms with E-state index in [4.69, 9.17) is 9.47 Å². The molecule has 1 aromatic heterocycles. The molecule has 3 rings (SSSR count). The number of hydrogen-bond acceptors (Lipinski definition) is 5. The number of nitrogens with zero attached hydrogens (tertiary/aromatic N) is 1. The normalized spacial score (nSPS) is 15.9. The third-order valence-corrected chi connectivity index (χ3v) is 5.09. The highest BCUT2D eigenvalue weighted by Gasteiger charge is 2.43. The molecule has 0 N–H and O–H groups in total. The van der Waals surface area contributed by atoms with Crippen LogP contribution in [0.5, 0.6) is 5.75 Å². The number of thiol groups is 1. The van der Waals surface area contributed by atoms with Crippen LogP contribution in [0.25, 0.3) is 10.9 Å². The molecule has 1 heterocycles. The lowest BCUT2D eigenvalue weighted by molar-refractivity contribution is -0.162. The van der Waals surface area contributed by atoms with Gasteiger partial charge in [-0.25, -0.2) is 0 Å². The van der Waals surface area contributed by atoms with Crippen LogP contribution in [-0.2, 0) is 9.53 Å². The molecule has 0 atom stereocenters. The first-order valence-corrected chi connectivity index (χ1v) is 8.47. The van der Waals surface area contributed by atoms with Crippen molar-refractivity contribution in [2.45, 2.75) is 37.5 Å². The molecule has 122 valence electrons. The van der Waals surface area contributed by atoms with Crippen molar-refractivity contribution in [1.29, 1.82) is 0 Å². The van der Waals surface area contributed by atoms with Crippen molar-refractivity contribution in [3.8, 4) is 5.75 Å². The molecule has 0 radical (unpaired) electrons. The van der Waals surface area contributed by atoms with Crippen molar-refractivity contribution < 1.29 is 14.3 Å². The zero-order valence-corrected chi connectivity index (χ0v) is 14.1. The zero-order chi connectivity index (χ0) is 16.3. The van der Waals surface area contributed by atoms with Crippen LogP contribution < -0.4 is 4.74 Å². The van der Waals surface area contributed by atoms with Gasteiger partial charge in [0.05, 0.1) is 10.9 Å². The summed E-state index contributed by atoms with van der Waals surface area (Å²) in [6.07, 6.45) is 5.61. The molecule has 4 nitrogen and oxygen atoms in total. The molecule has 1 fully saturated rings. The number of pyridine rings is 1. The van der Waals surface area contributed by atoms with Gasteiger partial charge in [0.15, 0.2) is 0 Å².